The molecule has 0 saturated heterocycles. The highest BCUT2D eigenvalue weighted by molar-refractivity contribution is 6.04. The van der Waals surface area contributed by atoms with Gasteiger partial charge in [0, 0.05) is 31.2 Å². The van der Waals surface area contributed by atoms with Crippen LogP contribution in [-0.4, -0.2) is 72.3 Å². The summed E-state index contributed by atoms with van der Waals surface area (Å²) in [5, 5.41) is 15.5. The van der Waals surface area contributed by atoms with Gasteiger partial charge >= 0.3 is 6.03 Å². The van der Waals surface area contributed by atoms with Crippen LogP contribution in [0, 0.1) is 11.8 Å². The van der Waals surface area contributed by atoms with E-state index in [1.165, 1.54) is 12.8 Å². The first-order valence-corrected chi connectivity index (χ1v) is 12.4. The van der Waals surface area contributed by atoms with Gasteiger partial charge in [-0.25, -0.2) is 4.79 Å². The van der Waals surface area contributed by atoms with Gasteiger partial charge in [-0.3, -0.25) is 4.79 Å². The number of hydrogen-bond donors (Lipinski definition) is 3. The molecule has 3 atom stereocenters. The fourth-order valence-electron chi connectivity index (χ4n) is 4.49. The van der Waals surface area contributed by atoms with E-state index < -0.39 is 6.03 Å². The van der Waals surface area contributed by atoms with Crippen LogP contribution in [0.5, 0.6) is 5.75 Å². The van der Waals surface area contributed by atoms with Crippen LogP contribution in [0.2, 0.25) is 0 Å². The van der Waals surface area contributed by atoms with Gasteiger partial charge in [0.05, 0.1) is 23.9 Å². The maximum atomic E-state index is 13.5. The fraction of sp³-hybridized carbons (Fsp3) is 0.481. The summed E-state index contributed by atoms with van der Waals surface area (Å²) in [5.41, 5.74) is 1.48. The van der Waals surface area contributed by atoms with Crippen molar-refractivity contribution >= 4 is 23.3 Å². The highest BCUT2D eigenvalue weighted by atomic mass is 16.5. The van der Waals surface area contributed by atoms with E-state index in [2.05, 4.69) is 29.5 Å². The van der Waals surface area contributed by atoms with Crippen molar-refractivity contribution in [2.45, 2.75) is 38.8 Å². The zero-order valence-electron chi connectivity index (χ0n) is 20.7. The second kappa shape index (κ2) is 11.1. The molecule has 2 aromatic rings. The molecule has 3 amide bonds. The second-order valence-corrected chi connectivity index (χ2v) is 9.91. The van der Waals surface area contributed by atoms with Crippen LogP contribution in [0.3, 0.4) is 0 Å². The molecule has 0 radical (unpaired) electrons. The Morgan fingerprint density at radius 2 is 1.89 bits per heavy atom. The zero-order chi connectivity index (χ0) is 24.9. The van der Waals surface area contributed by atoms with E-state index in [1.54, 1.807) is 35.2 Å². The molecule has 0 unspecified atom stereocenters. The van der Waals surface area contributed by atoms with Crippen molar-refractivity contribution in [3.8, 4) is 5.75 Å². The number of aliphatic hydroxyl groups excluding tert-OH is 1. The average Bonchev–Trinajstić information content (AvgIpc) is 3.65. The van der Waals surface area contributed by atoms with E-state index >= 15 is 0 Å². The smallest absolute Gasteiger partial charge is 0.323 e. The fourth-order valence-corrected chi connectivity index (χ4v) is 4.49. The molecule has 0 aromatic heterocycles. The van der Waals surface area contributed by atoms with E-state index in [-0.39, 0.29) is 30.6 Å². The van der Waals surface area contributed by atoms with E-state index in [0.717, 1.165) is 12.5 Å². The number of anilines is 2. The quantitative estimate of drug-likeness (QED) is 0.533. The van der Waals surface area contributed by atoms with Crippen LogP contribution in [0.15, 0.2) is 48.5 Å². The number of hydrogen-bond acceptors (Lipinski definition) is 5. The standard InChI is InChI=1S/C27H36N4O4/c1-18-14-31(19(2)17-32)26(33)22-10-7-11-23(29-27(34)28-21-8-5-4-6-9-21)25(22)35-24(18)16-30(3)15-20-12-13-20/h4-11,18-20,24,32H,12-17H2,1-3H3,(H2,28,29,34)/t18-,19-,24+/m0/s1. The Morgan fingerprint density at radius 1 is 1.14 bits per heavy atom. The van der Waals surface area contributed by atoms with Gasteiger partial charge < -0.3 is 30.3 Å². The molecule has 35 heavy (non-hydrogen) atoms. The Labute approximate surface area is 207 Å². The predicted molar refractivity (Wildman–Crippen MR) is 137 cm³/mol. The molecule has 1 saturated carbocycles. The largest absolute Gasteiger partial charge is 0.486 e. The summed E-state index contributed by atoms with van der Waals surface area (Å²) in [6, 6.07) is 13.6. The van der Waals surface area contributed by atoms with Crippen LogP contribution < -0.4 is 15.4 Å². The number of carbonyl (C=O) groups excluding carboxylic acids is 2. The summed E-state index contributed by atoms with van der Waals surface area (Å²) in [7, 11) is 2.10. The van der Waals surface area contributed by atoms with Gasteiger partial charge in [0.15, 0.2) is 5.75 Å². The van der Waals surface area contributed by atoms with Crippen molar-refractivity contribution in [1.29, 1.82) is 0 Å². The van der Waals surface area contributed by atoms with Crippen molar-refractivity contribution in [2.75, 3.05) is 43.9 Å². The summed E-state index contributed by atoms with van der Waals surface area (Å²) in [6.07, 6.45) is 2.35. The summed E-state index contributed by atoms with van der Waals surface area (Å²) in [4.78, 5) is 30.3. The van der Waals surface area contributed by atoms with E-state index in [9.17, 15) is 14.7 Å². The van der Waals surface area contributed by atoms with E-state index in [0.29, 0.717) is 35.8 Å². The lowest BCUT2D eigenvalue weighted by Crippen LogP contribution is -2.50. The third-order valence-electron chi connectivity index (χ3n) is 6.73. The monoisotopic (exact) mass is 480 g/mol. The predicted octanol–water partition coefficient (Wildman–Crippen LogP) is 3.89. The molecule has 8 nitrogen and oxygen atoms in total. The summed E-state index contributed by atoms with van der Waals surface area (Å²) >= 11 is 0. The van der Waals surface area contributed by atoms with Gasteiger partial charge in [-0.2, -0.15) is 0 Å². The van der Waals surface area contributed by atoms with Crippen molar-refractivity contribution < 1.29 is 19.4 Å². The van der Waals surface area contributed by atoms with Crippen molar-refractivity contribution in [1.82, 2.24) is 9.80 Å². The minimum atomic E-state index is -0.418. The number of urea groups is 1. The Balaban J connectivity index is 1.63. The number of ether oxygens (including phenoxy) is 1. The van der Waals surface area contributed by atoms with Gasteiger partial charge in [-0.15, -0.1) is 0 Å². The molecule has 8 heteroatoms. The minimum absolute atomic E-state index is 0.0222. The molecule has 2 aromatic carbocycles. The van der Waals surface area contributed by atoms with Gasteiger partial charge in [-0.1, -0.05) is 31.2 Å². The Kier molecular flexibility index (Phi) is 7.93. The van der Waals surface area contributed by atoms with Crippen molar-refractivity contribution in [2.24, 2.45) is 11.8 Å². The molecule has 0 bridgehead atoms. The number of carbonyl (C=O) groups is 2. The Morgan fingerprint density at radius 3 is 2.57 bits per heavy atom. The van der Waals surface area contributed by atoms with E-state index in [1.807, 2.05) is 25.1 Å². The number of aliphatic hydroxyl groups is 1. The summed E-state index contributed by atoms with van der Waals surface area (Å²) in [5.74, 6) is 0.925. The maximum Gasteiger partial charge on any atom is 0.323 e. The van der Waals surface area contributed by atoms with Crippen LogP contribution in [0.25, 0.3) is 0 Å². The number of para-hydroxylation sites is 2. The summed E-state index contributed by atoms with van der Waals surface area (Å²) in [6.45, 7) is 6.00. The van der Waals surface area contributed by atoms with Crippen molar-refractivity contribution in [3.63, 3.8) is 0 Å². The number of amides is 3. The molecule has 188 valence electrons. The Hall–Kier alpha value is -3.10. The minimum Gasteiger partial charge on any atom is -0.486 e. The number of nitrogens with one attached hydrogen (secondary N) is 2. The third-order valence-corrected chi connectivity index (χ3v) is 6.73. The number of likely N-dealkylation sites (N-methyl/N-ethyl adjacent to an activating group) is 1. The molecule has 1 fully saturated rings. The van der Waals surface area contributed by atoms with Crippen LogP contribution in [0.1, 0.15) is 37.0 Å². The number of rotatable bonds is 8. The second-order valence-electron chi connectivity index (χ2n) is 9.91. The normalized spacial score (nSPS) is 20.9. The van der Waals surface area contributed by atoms with Crippen LogP contribution in [-0.2, 0) is 0 Å². The molecule has 4 rings (SSSR count). The zero-order valence-corrected chi connectivity index (χ0v) is 20.7. The van der Waals surface area contributed by atoms with E-state index in [4.69, 9.17) is 4.74 Å². The molecule has 0 spiro atoms. The van der Waals surface area contributed by atoms with Crippen LogP contribution in [0.4, 0.5) is 16.2 Å². The molecule has 1 aliphatic carbocycles. The van der Waals surface area contributed by atoms with Crippen LogP contribution >= 0.6 is 0 Å². The Bertz CT molecular complexity index is 1030. The first-order chi connectivity index (χ1) is 16.9. The van der Waals surface area contributed by atoms with Gasteiger partial charge in [0.2, 0.25) is 0 Å². The third kappa shape index (κ3) is 6.32. The average molecular weight is 481 g/mol. The molecule has 2 aliphatic rings. The highest BCUT2D eigenvalue weighted by Gasteiger charge is 2.35. The topological polar surface area (TPSA) is 94.1 Å². The van der Waals surface area contributed by atoms with Gasteiger partial charge in [0.25, 0.3) is 5.91 Å². The highest BCUT2D eigenvalue weighted by Crippen LogP contribution is 2.35. The van der Waals surface area contributed by atoms with Gasteiger partial charge in [-0.05, 0) is 57.0 Å². The first-order valence-electron chi connectivity index (χ1n) is 12.4. The molecule has 3 N–H and O–H groups in total. The molecule has 1 aliphatic heterocycles. The maximum absolute atomic E-state index is 13.5. The number of fused-ring (bicyclic) bond motifs is 1. The molecular weight excluding hydrogens is 444 g/mol. The van der Waals surface area contributed by atoms with Crippen molar-refractivity contribution in [3.05, 3.63) is 54.1 Å². The lowest BCUT2D eigenvalue weighted by molar-refractivity contribution is 0.0346. The first kappa shape index (κ1) is 25.0. The lowest BCUT2D eigenvalue weighted by Gasteiger charge is -2.38. The molecule has 1 heterocycles. The summed E-state index contributed by atoms with van der Waals surface area (Å²) < 4.78 is 6.54. The number of benzene rings is 2. The number of nitrogens with zero attached hydrogens (tertiary/aromatic N) is 2. The SMILES string of the molecule is C[C@H]1CN([C@@H](C)CO)C(=O)c2cccc(NC(=O)Nc3ccccc3)c2O[C@@H]1CN(C)CC1CC1. The lowest BCUT2D eigenvalue weighted by atomic mass is 9.99. The van der Waals surface area contributed by atoms with Gasteiger partial charge in [0.1, 0.15) is 6.10 Å². The molecular formula is C27H36N4O4.